The maximum Gasteiger partial charge on any atom is 0.321 e. The molecule has 1 heterocycles. The Morgan fingerprint density at radius 2 is 1.52 bits per heavy atom. The lowest BCUT2D eigenvalue weighted by molar-refractivity contribution is 0.248. The number of allylic oxidation sites excluding steroid dienone is 1. The summed E-state index contributed by atoms with van der Waals surface area (Å²) in [5.41, 5.74) is 3.04. The molecular weight excluding hydrogens is 630 g/mol. The highest BCUT2D eigenvalue weighted by molar-refractivity contribution is 8.93. The van der Waals surface area contributed by atoms with Gasteiger partial charge in [-0.3, -0.25) is 4.90 Å². The number of hydrogen-bond donors (Lipinski definition) is 1. The van der Waals surface area contributed by atoms with Crippen molar-refractivity contribution in [3.05, 3.63) is 69.7 Å². The summed E-state index contributed by atoms with van der Waals surface area (Å²) >= 11 is 8.32. The van der Waals surface area contributed by atoms with Crippen molar-refractivity contribution in [2.24, 2.45) is 0 Å². The first-order valence-corrected chi connectivity index (χ1v) is 16.9. The zero-order chi connectivity index (χ0) is 29.3. The lowest BCUT2D eigenvalue weighted by atomic mass is 10.1. The molecule has 5 nitrogen and oxygen atoms in total. The van der Waals surface area contributed by atoms with Gasteiger partial charge in [0.15, 0.2) is 0 Å². The highest BCUT2D eigenvalue weighted by atomic mass is 79.9. The average molecular weight is 681 g/mol. The van der Waals surface area contributed by atoms with Crippen LogP contribution < -0.4 is 15.0 Å². The molecule has 0 unspecified atom stereocenters. The van der Waals surface area contributed by atoms with E-state index in [-0.39, 0.29) is 23.0 Å². The number of halogens is 2. The molecule has 1 aliphatic rings. The summed E-state index contributed by atoms with van der Waals surface area (Å²) in [5, 5.41) is 3.38. The molecule has 0 saturated heterocycles. The molecule has 0 saturated carbocycles. The van der Waals surface area contributed by atoms with E-state index in [2.05, 4.69) is 42.4 Å². The molecule has 234 valence electrons. The Kier molecular flexibility index (Phi) is 18.2. The minimum absolute atomic E-state index is 0. The van der Waals surface area contributed by atoms with Gasteiger partial charge in [0.05, 0.1) is 24.1 Å². The van der Waals surface area contributed by atoms with Gasteiger partial charge in [0.1, 0.15) is 5.75 Å². The van der Waals surface area contributed by atoms with E-state index in [9.17, 15) is 4.79 Å². The predicted octanol–water partition coefficient (Wildman–Crippen LogP) is 10.7. The van der Waals surface area contributed by atoms with Crippen molar-refractivity contribution in [2.45, 2.75) is 104 Å². The van der Waals surface area contributed by atoms with Crippen molar-refractivity contribution in [3.63, 3.8) is 0 Å². The molecule has 0 spiro atoms. The quantitative estimate of drug-likeness (QED) is 0.150. The molecule has 42 heavy (non-hydrogen) atoms. The predicted molar refractivity (Wildman–Crippen MR) is 187 cm³/mol. The van der Waals surface area contributed by atoms with E-state index in [1.807, 2.05) is 42.1 Å². The third-order valence-corrected chi connectivity index (χ3v) is 8.84. The van der Waals surface area contributed by atoms with E-state index < -0.39 is 0 Å². The number of benzene rings is 2. The van der Waals surface area contributed by atoms with E-state index in [1.165, 1.54) is 81.1 Å². The second-order valence-corrected chi connectivity index (χ2v) is 12.7. The summed E-state index contributed by atoms with van der Waals surface area (Å²) in [6.07, 6.45) is 18.0. The first-order chi connectivity index (χ1) is 20.0. The van der Waals surface area contributed by atoms with Crippen LogP contribution in [0.5, 0.6) is 5.75 Å². The number of carbonyl (C=O) groups excluding carboxylic acids is 1. The molecule has 0 aromatic heterocycles. The number of carbonyl (C=O) groups is 1. The van der Waals surface area contributed by atoms with Gasteiger partial charge in [0.2, 0.25) is 0 Å². The van der Waals surface area contributed by atoms with Crippen molar-refractivity contribution >= 4 is 52.1 Å². The van der Waals surface area contributed by atoms with Gasteiger partial charge in [-0.25, -0.2) is 4.79 Å². The van der Waals surface area contributed by atoms with Gasteiger partial charge in [0, 0.05) is 25.5 Å². The number of unbranched alkanes of at least 4 members (excludes halogenated alkanes) is 11. The van der Waals surface area contributed by atoms with Gasteiger partial charge in [-0.05, 0) is 53.6 Å². The SMILES string of the molecule is Br.CCCCCCCCCCCCCCOc1cc(CN(C(=O)NC)c2ccc(CN3C=C(C)SC3)cc2)ccc1Cl. The standard InChI is InChI=1S/C34H50ClN3O2S.BrH/c1-4-5-6-7-8-9-10-11-12-13-14-15-22-40-33-23-30(18-21-32(33)35)26-38(34(39)36-3)31-19-16-29(17-20-31)25-37-24-28(2)41-27-37;/h16-21,23-24H,4-15,22,25-27H2,1-3H3,(H,36,39);1H. The monoisotopic (exact) mass is 679 g/mol. The maximum atomic E-state index is 12.8. The van der Waals surface area contributed by atoms with E-state index >= 15 is 0 Å². The number of nitrogens with zero attached hydrogens (tertiary/aromatic N) is 2. The summed E-state index contributed by atoms with van der Waals surface area (Å²) in [5.74, 6) is 1.67. The molecule has 0 atom stereocenters. The Bertz CT molecular complexity index is 1080. The highest BCUT2D eigenvalue weighted by Crippen LogP contribution is 2.29. The van der Waals surface area contributed by atoms with Crippen LogP contribution in [0.25, 0.3) is 0 Å². The molecule has 2 aromatic rings. The lowest BCUT2D eigenvalue weighted by Gasteiger charge is -2.23. The van der Waals surface area contributed by atoms with Crippen LogP contribution in [0.4, 0.5) is 10.5 Å². The molecule has 1 aliphatic heterocycles. The van der Waals surface area contributed by atoms with Crippen molar-refractivity contribution in [2.75, 3.05) is 24.4 Å². The Morgan fingerprint density at radius 1 is 0.929 bits per heavy atom. The van der Waals surface area contributed by atoms with Crippen LogP contribution >= 0.6 is 40.3 Å². The van der Waals surface area contributed by atoms with Gasteiger partial charge in [-0.1, -0.05) is 107 Å². The molecule has 1 N–H and O–H groups in total. The topological polar surface area (TPSA) is 44.8 Å². The molecule has 0 radical (unpaired) electrons. The van der Waals surface area contributed by atoms with Crippen LogP contribution in [0.1, 0.15) is 102 Å². The van der Waals surface area contributed by atoms with Crippen LogP contribution in [0.3, 0.4) is 0 Å². The normalized spacial score (nSPS) is 12.6. The summed E-state index contributed by atoms with van der Waals surface area (Å²) < 4.78 is 6.07. The third kappa shape index (κ3) is 13.2. The third-order valence-electron chi connectivity index (χ3n) is 7.51. The van der Waals surface area contributed by atoms with E-state index in [0.717, 1.165) is 30.1 Å². The largest absolute Gasteiger partial charge is 0.492 e. The van der Waals surface area contributed by atoms with Crippen LogP contribution in [-0.2, 0) is 13.1 Å². The van der Waals surface area contributed by atoms with Crippen molar-refractivity contribution < 1.29 is 9.53 Å². The summed E-state index contributed by atoms with van der Waals surface area (Å²) in [4.78, 5) is 18.2. The number of thioether (sulfide) groups is 1. The van der Waals surface area contributed by atoms with Gasteiger partial charge < -0.3 is 15.0 Å². The minimum Gasteiger partial charge on any atom is -0.492 e. The van der Waals surface area contributed by atoms with Gasteiger partial charge in [-0.2, -0.15) is 0 Å². The second-order valence-electron chi connectivity index (χ2n) is 11.1. The summed E-state index contributed by atoms with van der Waals surface area (Å²) in [7, 11) is 1.66. The number of nitrogens with one attached hydrogen (secondary N) is 1. The molecule has 2 amide bonds. The number of amides is 2. The smallest absolute Gasteiger partial charge is 0.321 e. The zero-order valence-electron chi connectivity index (χ0n) is 25.8. The van der Waals surface area contributed by atoms with Crippen LogP contribution in [0.15, 0.2) is 53.6 Å². The van der Waals surface area contributed by atoms with Crippen LogP contribution in [0, 0.1) is 0 Å². The molecular formula is C34H51BrClN3O2S. The van der Waals surface area contributed by atoms with Crippen molar-refractivity contribution in [1.29, 1.82) is 0 Å². The molecule has 8 heteroatoms. The Labute approximate surface area is 274 Å². The number of ether oxygens (including phenoxy) is 1. The molecule has 3 rings (SSSR count). The Hall–Kier alpha value is -1.83. The van der Waals surface area contributed by atoms with Crippen molar-refractivity contribution in [1.82, 2.24) is 10.2 Å². The maximum absolute atomic E-state index is 12.8. The number of anilines is 1. The first kappa shape index (κ1) is 36.4. The summed E-state index contributed by atoms with van der Waals surface area (Å²) in [6.45, 7) is 6.36. The fourth-order valence-corrected chi connectivity index (χ4v) is 6.03. The average Bonchev–Trinajstić information content (AvgIpc) is 3.39. The lowest BCUT2D eigenvalue weighted by Crippen LogP contribution is -2.37. The second kappa shape index (κ2) is 21.0. The van der Waals surface area contributed by atoms with E-state index in [0.29, 0.717) is 23.9 Å². The fourth-order valence-electron chi connectivity index (χ4n) is 5.10. The van der Waals surface area contributed by atoms with E-state index in [1.54, 1.807) is 11.9 Å². The molecule has 0 bridgehead atoms. The summed E-state index contributed by atoms with van der Waals surface area (Å²) in [6, 6.07) is 13.9. The molecule has 2 aromatic carbocycles. The Morgan fingerprint density at radius 3 is 2.10 bits per heavy atom. The van der Waals surface area contributed by atoms with E-state index in [4.69, 9.17) is 16.3 Å². The van der Waals surface area contributed by atoms with Gasteiger partial charge >= 0.3 is 6.03 Å². The fraction of sp³-hybridized carbons (Fsp3) is 0.559. The van der Waals surface area contributed by atoms with Crippen molar-refractivity contribution in [3.8, 4) is 5.75 Å². The number of urea groups is 1. The minimum atomic E-state index is -0.152. The molecule has 0 fully saturated rings. The highest BCUT2D eigenvalue weighted by Gasteiger charge is 2.17. The number of rotatable bonds is 19. The van der Waals surface area contributed by atoms with Crippen LogP contribution in [-0.4, -0.2) is 30.5 Å². The molecule has 0 aliphatic carbocycles. The van der Waals surface area contributed by atoms with Crippen LogP contribution in [0.2, 0.25) is 5.02 Å². The van der Waals surface area contributed by atoms with Gasteiger partial charge in [-0.15, -0.1) is 28.7 Å². The first-order valence-electron chi connectivity index (χ1n) is 15.5. The Balaban J connectivity index is 0.00000616. The zero-order valence-corrected chi connectivity index (χ0v) is 29.1. The number of hydrogen-bond acceptors (Lipinski definition) is 4. The van der Waals surface area contributed by atoms with Gasteiger partial charge in [0.25, 0.3) is 0 Å².